The SMILES string of the molecule is CC(C)(C)OC(=O)N1CCNC2(CCCC2=O)C1. The molecule has 1 saturated heterocycles. The third-order valence-corrected chi connectivity index (χ3v) is 3.50. The van der Waals surface area contributed by atoms with E-state index in [0.29, 0.717) is 26.1 Å². The Morgan fingerprint density at radius 3 is 2.72 bits per heavy atom. The first-order chi connectivity index (χ1) is 8.32. The van der Waals surface area contributed by atoms with Crippen LogP contribution in [0.5, 0.6) is 0 Å². The number of carbonyl (C=O) groups is 2. The van der Waals surface area contributed by atoms with Crippen molar-refractivity contribution in [2.24, 2.45) is 0 Å². The lowest BCUT2D eigenvalue weighted by atomic mass is 9.93. The number of ether oxygens (including phenoxy) is 1. The molecular formula is C13H22N2O3. The third-order valence-electron chi connectivity index (χ3n) is 3.50. The number of Topliss-reactive ketones (excluding diaryl/α,β-unsaturated/α-hetero) is 1. The van der Waals surface area contributed by atoms with Crippen molar-refractivity contribution in [3.8, 4) is 0 Å². The van der Waals surface area contributed by atoms with Crippen molar-refractivity contribution in [3.63, 3.8) is 0 Å². The first kappa shape index (κ1) is 13.3. The Morgan fingerprint density at radius 1 is 1.44 bits per heavy atom. The van der Waals surface area contributed by atoms with Crippen LogP contribution in [-0.4, -0.2) is 47.6 Å². The fourth-order valence-electron chi connectivity index (χ4n) is 2.66. The Labute approximate surface area is 108 Å². The van der Waals surface area contributed by atoms with Crippen LogP contribution in [0.15, 0.2) is 0 Å². The molecule has 18 heavy (non-hydrogen) atoms. The fraction of sp³-hybridized carbons (Fsp3) is 0.846. The van der Waals surface area contributed by atoms with Gasteiger partial charge < -0.3 is 15.0 Å². The minimum absolute atomic E-state index is 0.232. The highest BCUT2D eigenvalue weighted by atomic mass is 16.6. The van der Waals surface area contributed by atoms with E-state index in [2.05, 4.69) is 5.32 Å². The van der Waals surface area contributed by atoms with Crippen molar-refractivity contribution in [3.05, 3.63) is 0 Å². The van der Waals surface area contributed by atoms with E-state index in [0.717, 1.165) is 12.8 Å². The van der Waals surface area contributed by atoms with E-state index in [1.165, 1.54) is 0 Å². The number of hydrogen-bond acceptors (Lipinski definition) is 4. The molecule has 1 aliphatic heterocycles. The molecule has 0 bridgehead atoms. The highest BCUT2D eigenvalue weighted by Gasteiger charge is 2.46. The maximum absolute atomic E-state index is 12.0. The van der Waals surface area contributed by atoms with Crippen LogP contribution in [0.2, 0.25) is 0 Å². The normalized spacial score (nSPS) is 28.8. The van der Waals surface area contributed by atoms with Crippen LogP contribution in [-0.2, 0) is 9.53 Å². The number of rotatable bonds is 0. The summed E-state index contributed by atoms with van der Waals surface area (Å²) in [6.07, 6.45) is 2.04. The topological polar surface area (TPSA) is 58.6 Å². The monoisotopic (exact) mass is 254 g/mol. The van der Waals surface area contributed by atoms with Crippen LogP contribution < -0.4 is 5.32 Å². The van der Waals surface area contributed by atoms with Gasteiger partial charge in [0.15, 0.2) is 5.78 Å². The van der Waals surface area contributed by atoms with Crippen molar-refractivity contribution in [2.45, 2.75) is 51.2 Å². The van der Waals surface area contributed by atoms with Crippen LogP contribution >= 0.6 is 0 Å². The first-order valence-electron chi connectivity index (χ1n) is 6.59. The minimum Gasteiger partial charge on any atom is -0.444 e. The Kier molecular flexibility index (Phi) is 3.36. The number of amides is 1. The molecule has 1 unspecified atom stereocenters. The van der Waals surface area contributed by atoms with E-state index in [-0.39, 0.29) is 11.9 Å². The number of nitrogens with one attached hydrogen (secondary N) is 1. The van der Waals surface area contributed by atoms with Crippen molar-refractivity contribution < 1.29 is 14.3 Å². The van der Waals surface area contributed by atoms with Crippen LogP contribution in [0.25, 0.3) is 0 Å². The summed E-state index contributed by atoms with van der Waals surface area (Å²) >= 11 is 0. The van der Waals surface area contributed by atoms with Gasteiger partial charge in [-0.25, -0.2) is 4.79 Å². The molecule has 102 valence electrons. The van der Waals surface area contributed by atoms with Crippen LogP contribution in [0.3, 0.4) is 0 Å². The molecule has 0 aromatic heterocycles. The molecule has 0 aromatic carbocycles. The summed E-state index contributed by atoms with van der Waals surface area (Å²) < 4.78 is 5.36. The molecule has 1 amide bonds. The lowest BCUT2D eigenvalue weighted by Crippen LogP contribution is -2.64. The molecule has 1 spiro atoms. The molecule has 5 heteroatoms. The van der Waals surface area contributed by atoms with Gasteiger partial charge in [-0.1, -0.05) is 0 Å². The average Bonchev–Trinajstić information content (AvgIpc) is 2.58. The molecule has 1 heterocycles. The minimum atomic E-state index is -0.505. The summed E-state index contributed by atoms with van der Waals surface area (Å²) in [5.41, 5.74) is -0.996. The Bertz CT molecular complexity index is 362. The van der Waals surface area contributed by atoms with Gasteiger partial charge in [-0.3, -0.25) is 4.79 Å². The van der Waals surface area contributed by atoms with Crippen molar-refractivity contribution in [1.82, 2.24) is 10.2 Å². The predicted octanol–water partition coefficient (Wildman–Crippen LogP) is 1.32. The van der Waals surface area contributed by atoms with E-state index in [9.17, 15) is 9.59 Å². The summed E-state index contributed by atoms with van der Waals surface area (Å²) in [6.45, 7) is 7.26. The second-order valence-electron chi connectivity index (χ2n) is 6.19. The summed E-state index contributed by atoms with van der Waals surface area (Å²) in [5, 5.41) is 3.29. The fourth-order valence-corrected chi connectivity index (χ4v) is 2.66. The van der Waals surface area contributed by atoms with E-state index >= 15 is 0 Å². The van der Waals surface area contributed by atoms with Gasteiger partial charge in [0.2, 0.25) is 0 Å². The Hall–Kier alpha value is -1.10. The largest absolute Gasteiger partial charge is 0.444 e. The van der Waals surface area contributed by atoms with Gasteiger partial charge in [-0.15, -0.1) is 0 Å². The van der Waals surface area contributed by atoms with Crippen molar-refractivity contribution in [2.75, 3.05) is 19.6 Å². The zero-order chi connectivity index (χ0) is 13.4. The van der Waals surface area contributed by atoms with E-state index in [4.69, 9.17) is 4.74 Å². The van der Waals surface area contributed by atoms with Gasteiger partial charge in [0.25, 0.3) is 0 Å². The summed E-state index contributed by atoms with van der Waals surface area (Å²) in [4.78, 5) is 25.6. The van der Waals surface area contributed by atoms with Gasteiger partial charge in [0.05, 0.1) is 5.54 Å². The van der Waals surface area contributed by atoms with Gasteiger partial charge >= 0.3 is 6.09 Å². The molecule has 1 aliphatic carbocycles. The lowest BCUT2D eigenvalue weighted by molar-refractivity contribution is -0.124. The van der Waals surface area contributed by atoms with E-state index < -0.39 is 11.1 Å². The zero-order valence-corrected chi connectivity index (χ0v) is 11.4. The maximum Gasteiger partial charge on any atom is 0.410 e. The van der Waals surface area contributed by atoms with E-state index in [1.807, 2.05) is 20.8 Å². The number of hydrogen-bond donors (Lipinski definition) is 1. The molecule has 1 N–H and O–H groups in total. The second kappa shape index (κ2) is 4.53. The number of piperazine rings is 1. The van der Waals surface area contributed by atoms with Crippen LogP contribution in [0.1, 0.15) is 40.0 Å². The molecule has 2 fully saturated rings. The quantitative estimate of drug-likeness (QED) is 0.708. The highest BCUT2D eigenvalue weighted by molar-refractivity contribution is 5.91. The molecular weight excluding hydrogens is 232 g/mol. The van der Waals surface area contributed by atoms with Gasteiger partial charge in [-0.05, 0) is 33.6 Å². The molecule has 2 rings (SSSR count). The third kappa shape index (κ3) is 2.66. The summed E-state index contributed by atoms with van der Waals surface area (Å²) in [7, 11) is 0. The number of ketones is 1. The molecule has 1 atom stereocenters. The van der Waals surface area contributed by atoms with Gasteiger partial charge in [0.1, 0.15) is 5.60 Å². The summed E-state index contributed by atoms with van der Waals surface area (Å²) in [6, 6.07) is 0. The predicted molar refractivity (Wildman–Crippen MR) is 67.4 cm³/mol. The van der Waals surface area contributed by atoms with Gasteiger partial charge in [-0.2, -0.15) is 0 Å². The number of carbonyl (C=O) groups excluding carboxylic acids is 2. The molecule has 2 aliphatic rings. The Morgan fingerprint density at radius 2 is 2.17 bits per heavy atom. The second-order valence-corrected chi connectivity index (χ2v) is 6.19. The number of nitrogens with zero attached hydrogens (tertiary/aromatic N) is 1. The van der Waals surface area contributed by atoms with E-state index in [1.54, 1.807) is 4.90 Å². The molecule has 0 radical (unpaired) electrons. The van der Waals surface area contributed by atoms with Crippen LogP contribution in [0, 0.1) is 0 Å². The van der Waals surface area contributed by atoms with Crippen molar-refractivity contribution >= 4 is 11.9 Å². The highest BCUT2D eigenvalue weighted by Crippen LogP contribution is 2.29. The Balaban J connectivity index is 2.03. The maximum atomic E-state index is 12.0. The smallest absolute Gasteiger partial charge is 0.410 e. The van der Waals surface area contributed by atoms with Crippen molar-refractivity contribution in [1.29, 1.82) is 0 Å². The van der Waals surface area contributed by atoms with Crippen LogP contribution in [0.4, 0.5) is 4.79 Å². The standard InChI is InChI=1S/C13H22N2O3/c1-12(2,3)18-11(17)15-8-7-14-13(9-15)6-4-5-10(13)16/h14H,4-9H2,1-3H3. The average molecular weight is 254 g/mol. The summed E-state index contributed by atoms with van der Waals surface area (Å²) in [5.74, 6) is 0.232. The first-order valence-corrected chi connectivity index (χ1v) is 6.59. The zero-order valence-electron chi connectivity index (χ0n) is 11.4. The lowest BCUT2D eigenvalue weighted by Gasteiger charge is -2.40. The molecule has 1 saturated carbocycles. The van der Waals surface area contributed by atoms with Gasteiger partial charge in [0, 0.05) is 26.1 Å². The molecule has 5 nitrogen and oxygen atoms in total. The molecule has 0 aromatic rings.